The number of thiophene rings is 1. The zero-order valence-electron chi connectivity index (χ0n) is 13.2. The Hall–Kier alpha value is -2.31. The van der Waals surface area contributed by atoms with Gasteiger partial charge in [0.2, 0.25) is 0 Å². The third kappa shape index (κ3) is 2.90. The Labute approximate surface area is 148 Å². The highest BCUT2D eigenvalue weighted by molar-refractivity contribution is 7.98. The van der Waals surface area contributed by atoms with Crippen molar-refractivity contribution in [3.8, 4) is 16.4 Å². The van der Waals surface area contributed by atoms with Crippen molar-refractivity contribution in [2.24, 2.45) is 7.05 Å². The van der Waals surface area contributed by atoms with E-state index >= 15 is 0 Å². The van der Waals surface area contributed by atoms with E-state index in [1.165, 1.54) is 5.69 Å². The number of rotatable bonds is 5. The van der Waals surface area contributed by atoms with Crippen molar-refractivity contribution >= 4 is 23.1 Å². The van der Waals surface area contributed by atoms with Crippen LogP contribution in [0.25, 0.3) is 16.4 Å². The van der Waals surface area contributed by atoms with Gasteiger partial charge in [-0.05, 0) is 35.7 Å². The van der Waals surface area contributed by atoms with Gasteiger partial charge in [0, 0.05) is 30.4 Å². The maximum absolute atomic E-state index is 4.45. The van der Waals surface area contributed by atoms with Crippen molar-refractivity contribution < 1.29 is 0 Å². The van der Waals surface area contributed by atoms with E-state index in [0.29, 0.717) is 0 Å². The number of hydrogen-bond acceptors (Lipinski definition) is 4. The second kappa shape index (κ2) is 6.67. The third-order valence-electron chi connectivity index (χ3n) is 3.79. The Kier molecular flexibility index (Phi) is 4.23. The number of nitrogens with zero attached hydrogens (tertiary/aromatic N) is 4. The first kappa shape index (κ1) is 15.2. The van der Waals surface area contributed by atoms with E-state index in [-0.39, 0.29) is 0 Å². The summed E-state index contributed by atoms with van der Waals surface area (Å²) in [7, 11) is 2.06. The molecule has 4 nitrogen and oxygen atoms in total. The summed E-state index contributed by atoms with van der Waals surface area (Å²) in [6.45, 7) is 0. The van der Waals surface area contributed by atoms with Crippen molar-refractivity contribution in [3.05, 3.63) is 71.9 Å². The predicted molar refractivity (Wildman–Crippen MR) is 99.6 cm³/mol. The van der Waals surface area contributed by atoms with Crippen LogP contribution in [0.2, 0.25) is 0 Å². The topological polar surface area (TPSA) is 35.6 Å². The lowest BCUT2D eigenvalue weighted by atomic mass is 10.3. The van der Waals surface area contributed by atoms with Gasteiger partial charge in [0.1, 0.15) is 0 Å². The van der Waals surface area contributed by atoms with Gasteiger partial charge in [-0.1, -0.05) is 36.0 Å². The molecule has 0 aliphatic heterocycles. The molecule has 120 valence electrons. The fourth-order valence-electron chi connectivity index (χ4n) is 2.52. The number of para-hydroxylation sites is 1. The second-order valence-corrected chi connectivity index (χ2v) is 7.24. The van der Waals surface area contributed by atoms with Crippen LogP contribution in [0.1, 0.15) is 5.69 Å². The van der Waals surface area contributed by atoms with Gasteiger partial charge in [-0.2, -0.15) is 0 Å². The number of benzene rings is 1. The summed E-state index contributed by atoms with van der Waals surface area (Å²) in [5, 5.41) is 11.9. The van der Waals surface area contributed by atoms with Crippen LogP contribution >= 0.6 is 23.1 Å². The number of aromatic nitrogens is 4. The first-order chi connectivity index (χ1) is 11.8. The SMILES string of the molecule is Cn1cccc1CSc1nnc(-c2cccs2)n1-c1ccccc1. The summed E-state index contributed by atoms with van der Waals surface area (Å²) < 4.78 is 4.27. The van der Waals surface area contributed by atoms with E-state index in [2.05, 4.69) is 68.3 Å². The zero-order valence-corrected chi connectivity index (χ0v) is 14.8. The minimum absolute atomic E-state index is 0.860. The molecule has 0 aliphatic rings. The zero-order chi connectivity index (χ0) is 16.4. The fourth-order valence-corrected chi connectivity index (χ4v) is 4.22. The van der Waals surface area contributed by atoms with Crippen molar-refractivity contribution in [1.82, 2.24) is 19.3 Å². The maximum atomic E-state index is 4.45. The molecule has 0 saturated carbocycles. The standard InChI is InChI=1S/C18H16N4S2/c1-21-11-5-9-15(21)13-24-18-20-19-17(16-10-6-12-23-16)22(18)14-7-3-2-4-8-14/h2-12H,13H2,1H3. The van der Waals surface area contributed by atoms with Crippen molar-refractivity contribution in [3.63, 3.8) is 0 Å². The highest BCUT2D eigenvalue weighted by atomic mass is 32.2. The molecular weight excluding hydrogens is 336 g/mol. The second-order valence-electron chi connectivity index (χ2n) is 5.35. The van der Waals surface area contributed by atoms with Gasteiger partial charge in [0.15, 0.2) is 11.0 Å². The van der Waals surface area contributed by atoms with Gasteiger partial charge in [-0.25, -0.2) is 0 Å². The van der Waals surface area contributed by atoms with Crippen molar-refractivity contribution in [1.29, 1.82) is 0 Å². The van der Waals surface area contributed by atoms with E-state index in [4.69, 9.17) is 0 Å². The van der Waals surface area contributed by atoms with Gasteiger partial charge in [-0.3, -0.25) is 4.57 Å². The maximum Gasteiger partial charge on any atom is 0.196 e. The number of aryl methyl sites for hydroxylation is 1. The molecule has 0 saturated heterocycles. The number of hydrogen-bond donors (Lipinski definition) is 0. The first-order valence-corrected chi connectivity index (χ1v) is 9.47. The summed E-state index contributed by atoms with van der Waals surface area (Å²) in [6.07, 6.45) is 2.06. The normalized spacial score (nSPS) is 11.0. The van der Waals surface area contributed by atoms with Crippen LogP contribution in [-0.4, -0.2) is 19.3 Å². The summed E-state index contributed by atoms with van der Waals surface area (Å²) in [5.41, 5.74) is 2.35. The molecule has 0 atom stereocenters. The van der Waals surface area contributed by atoms with Gasteiger partial charge >= 0.3 is 0 Å². The summed E-state index contributed by atoms with van der Waals surface area (Å²) >= 11 is 3.38. The van der Waals surface area contributed by atoms with E-state index in [1.807, 2.05) is 24.3 Å². The first-order valence-electron chi connectivity index (χ1n) is 7.60. The van der Waals surface area contributed by atoms with Crippen molar-refractivity contribution in [2.75, 3.05) is 0 Å². The van der Waals surface area contributed by atoms with Crippen LogP contribution in [0.5, 0.6) is 0 Å². The third-order valence-corrected chi connectivity index (χ3v) is 5.62. The molecule has 4 aromatic rings. The Morgan fingerprint density at radius 2 is 1.88 bits per heavy atom. The Morgan fingerprint density at radius 1 is 1.00 bits per heavy atom. The van der Waals surface area contributed by atoms with Gasteiger partial charge < -0.3 is 4.57 Å². The summed E-state index contributed by atoms with van der Waals surface area (Å²) in [6, 6.07) is 18.6. The Balaban J connectivity index is 1.73. The van der Waals surface area contributed by atoms with E-state index in [0.717, 1.165) is 27.3 Å². The molecular formula is C18H16N4S2. The molecule has 1 aromatic carbocycles. The van der Waals surface area contributed by atoms with Gasteiger partial charge in [-0.15, -0.1) is 21.5 Å². The van der Waals surface area contributed by atoms with Gasteiger partial charge in [0.25, 0.3) is 0 Å². The summed E-state index contributed by atoms with van der Waals surface area (Å²) in [4.78, 5) is 1.12. The summed E-state index contributed by atoms with van der Waals surface area (Å²) in [5.74, 6) is 1.75. The minimum Gasteiger partial charge on any atom is -0.354 e. The van der Waals surface area contributed by atoms with E-state index in [1.54, 1.807) is 23.1 Å². The quantitative estimate of drug-likeness (QED) is 0.491. The molecule has 0 bridgehead atoms. The smallest absolute Gasteiger partial charge is 0.196 e. The molecule has 4 rings (SSSR count). The lowest BCUT2D eigenvalue weighted by Gasteiger charge is -2.09. The van der Waals surface area contributed by atoms with Crippen molar-refractivity contribution in [2.45, 2.75) is 10.9 Å². The van der Waals surface area contributed by atoms with Crippen LogP contribution in [0, 0.1) is 0 Å². The lowest BCUT2D eigenvalue weighted by Crippen LogP contribution is -1.99. The monoisotopic (exact) mass is 352 g/mol. The molecule has 24 heavy (non-hydrogen) atoms. The molecule has 0 radical (unpaired) electrons. The Morgan fingerprint density at radius 3 is 2.58 bits per heavy atom. The predicted octanol–water partition coefficient (Wildman–Crippen LogP) is 4.63. The lowest BCUT2D eigenvalue weighted by molar-refractivity contribution is 0.862. The largest absolute Gasteiger partial charge is 0.354 e. The molecule has 3 heterocycles. The molecule has 0 N–H and O–H groups in total. The van der Waals surface area contributed by atoms with Gasteiger partial charge in [0.05, 0.1) is 4.88 Å². The van der Waals surface area contributed by atoms with Crippen LogP contribution in [0.4, 0.5) is 0 Å². The molecule has 3 aromatic heterocycles. The van der Waals surface area contributed by atoms with Crippen LogP contribution in [0.15, 0.2) is 71.3 Å². The van der Waals surface area contributed by atoms with Crippen LogP contribution in [0.3, 0.4) is 0 Å². The van der Waals surface area contributed by atoms with E-state index in [9.17, 15) is 0 Å². The van der Waals surface area contributed by atoms with Crippen LogP contribution < -0.4 is 0 Å². The fraction of sp³-hybridized carbons (Fsp3) is 0.111. The highest BCUT2D eigenvalue weighted by Gasteiger charge is 2.17. The average Bonchev–Trinajstić information content (AvgIpc) is 3.34. The molecule has 0 spiro atoms. The highest BCUT2D eigenvalue weighted by Crippen LogP contribution is 2.31. The molecule has 0 aliphatic carbocycles. The Bertz CT molecular complexity index is 923. The van der Waals surface area contributed by atoms with E-state index < -0.39 is 0 Å². The molecule has 0 amide bonds. The van der Waals surface area contributed by atoms with Crippen LogP contribution in [-0.2, 0) is 12.8 Å². The molecule has 6 heteroatoms. The minimum atomic E-state index is 0.860. The number of thioether (sulfide) groups is 1. The average molecular weight is 352 g/mol. The molecule has 0 unspecified atom stereocenters. The molecule has 0 fully saturated rings.